The highest BCUT2D eigenvalue weighted by Crippen LogP contribution is 2.32. The molecule has 31 heavy (non-hydrogen) atoms. The second-order valence-electron chi connectivity index (χ2n) is 8.87. The number of hydrogen-bond acceptors (Lipinski definition) is 3. The molecule has 1 fully saturated rings. The standard InChI is InChI=1S/C25H37N5O/c1-3-26-25(30-14-12-20(19-30)16-21-17-28-29(2)18-21)27-13-7-15-31-24-11-6-9-22-8-4-5-10-23(22)24/h4-5,8,10,17-18,20,24H,3,6-7,9,11-16,19H2,1-2H3,(H,26,27). The van der Waals surface area contributed by atoms with Crippen molar-refractivity contribution in [3.8, 4) is 0 Å². The third kappa shape index (κ3) is 5.88. The van der Waals surface area contributed by atoms with E-state index in [2.05, 4.69) is 52.7 Å². The Morgan fingerprint density at radius 1 is 1.29 bits per heavy atom. The fraction of sp³-hybridized carbons (Fsp3) is 0.600. The van der Waals surface area contributed by atoms with Crippen LogP contribution in [0.4, 0.5) is 0 Å². The van der Waals surface area contributed by atoms with E-state index in [1.165, 1.54) is 36.0 Å². The summed E-state index contributed by atoms with van der Waals surface area (Å²) in [6.07, 6.45) is 11.2. The Bertz CT molecular complexity index is 861. The molecule has 4 rings (SSSR count). The van der Waals surface area contributed by atoms with Crippen molar-refractivity contribution in [1.82, 2.24) is 20.0 Å². The highest BCUT2D eigenvalue weighted by Gasteiger charge is 2.25. The van der Waals surface area contributed by atoms with Crippen LogP contribution >= 0.6 is 0 Å². The number of aryl methyl sites for hydroxylation is 2. The fourth-order valence-corrected chi connectivity index (χ4v) is 4.89. The van der Waals surface area contributed by atoms with Crippen LogP contribution in [0.5, 0.6) is 0 Å². The maximum absolute atomic E-state index is 6.25. The molecule has 6 nitrogen and oxygen atoms in total. The van der Waals surface area contributed by atoms with Gasteiger partial charge in [-0.1, -0.05) is 24.3 Å². The first kappa shape index (κ1) is 21.9. The predicted octanol–water partition coefficient (Wildman–Crippen LogP) is 3.73. The lowest BCUT2D eigenvalue weighted by molar-refractivity contribution is 0.0402. The molecule has 6 heteroatoms. The van der Waals surface area contributed by atoms with Gasteiger partial charge in [0.2, 0.25) is 0 Å². The lowest BCUT2D eigenvalue weighted by Gasteiger charge is -2.25. The Morgan fingerprint density at radius 2 is 2.19 bits per heavy atom. The number of likely N-dealkylation sites (tertiary alicyclic amines) is 1. The Morgan fingerprint density at radius 3 is 3.03 bits per heavy atom. The average molecular weight is 424 g/mol. The second kappa shape index (κ2) is 10.8. The molecule has 0 spiro atoms. The molecule has 0 radical (unpaired) electrons. The minimum absolute atomic E-state index is 0.258. The van der Waals surface area contributed by atoms with E-state index in [0.29, 0.717) is 5.92 Å². The van der Waals surface area contributed by atoms with Crippen LogP contribution in [0, 0.1) is 5.92 Å². The van der Waals surface area contributed by atoms with Crippen molar-refractivity contribution in [2.45, 2.75) is 51.6 Å². The van der Waals surface area contributed by atoms with Crippen LogP contribution in [0.15, 0.2) is 41.7 Å². The van der Waals surface area contributed by atoms with Gasteiger partial charge in [0, 0.05) is 46.0 Å². The lowest BCUT2D eigenvalue weighted by atomic mass is 9.89. The first-order valence-corrected chi connectivity index (χ1v) is 11.9. The molecule has 2 aromatic rings. The number of nitrogens with one attached hydrogen (secondary N) is 1. The summed E-state index contributed by atoms with van der Waals surface area (Å²) in [6, 6.07) is 8.74. The summed E-state index contributed by atoms with van der Waals surface area (Å²) in [4.78, 5) is 7.32. The summed E-state index contributed by atoms with van der Waals surface area (Å²) in [5, 5.41) is 7.79. The van der Waals surface area contributed by atoms with E-state index >= 15 is 0 Å². The molecule has 1 aromatic heterocycles. The third-order valence-electron chi connectivity index (χ3n) is 6.40. The van der Waals surface area contributed by atoms with E-state index in [1.807, 2.05) is 17.9 Å². The molecule has 0 bridgehead atoms. The van der Waals surface area contributed by atoms with Gasteiger partial charge in [-0.3, -0.25) is 9.67 Å². The fourth-order valence-electron chi connectivity index (χ4n) is 4.89. The normalized spacial score (nSPS) is 21.4. The number of nitrogens with zero attached hydrogens (tertiary/aromatic N) is 4. The smallest absolute Gasteiger partial charge is 0.193 e. The Kier molecular flexibility index (Phi) is 7.62. The van der Waals surface area contributed by atoms with Crippen LogP contribution in [-0.2, 0) is 24.6 Å². The first-order valence-electron chi connectivity index (χ1n) is 11.9. The zero-order valence-electron chi connectivity index (χ0n) is 19.1. The van der Waals surface area contributed by atoms with Crippen LogP contribution < -0.4 is 5.32 Å². The molecule has 2 aliphatic rings. The summed E-state index contributed by atoms with van der Waals surface area (Å²) in [7, 11) is 1.98. The van der Waals surface area contributed by atoms with Gasteiger partial charge >= 0.3 is 0 Å². The summed E-state index contributed by atoms with van der Waals surface area (Å²) in [6.45, 7) is 6.76. The molecule has 1 aliphatic heterocycles. The predicted molar refractivity (Wildman–Crippen MR) is 125 cm³/mol. The number of hydrogen-bond donors (Lipinski definition) is 1. The molecule has 2 unspecified atom stereocenters. The van der Waals surface area contributed by atoms with E-state index in [1.54, 1.807) is 0 Å². The number of benzene rings is 1. The zero-order chi connectivity index (χ0) is 21.5. The van der Waals surface area contributed by atoms with E-state index in [9.17, 15) is 0 Å². The second-order valence-corrected chi connectivity index (χ2v) is 8.87. The molecule has 0 saturated carbocycles. The van der Waals surface area contributed by atoms with Crippen LogP contribution in [0.3, 0.4) is 0 Å². The van der Waals surface area contributed by atoms with Gasteiger partial charge in [0.15, 0.2) is 5.96 Å². The molecule has 1 saturated heterocycles. The van der Waals surface area contributed by atoms with Gasteiger partial charge in [-0.05, 0) is 68.1 Å². The van der Waals surface area contributed by atoms with Crippen LogP contribution in [0.1, 0.15) is 55.4 Å². The van der Waals surface area contributed by atoms with E-state index in [0.717, 1.165) is 58.0 Å². The molecule has 0 amide bonds. The van der Waals surface area contributed by atoms with Crippen LogP contribution in [0.2, 0.25) is 0 Å². The van der Waals surface area contributed by atoms with Gasteiger partial charge in [0.05, 0.1) is 12.3 Å². The molecule has 1 N–H and O–H groups in total. The molecule has 168 valence electrons. The number of aromatic nitrogens is 2. The van der Waals surface area contributed by atoms with Gasteiger partial charge in [-0.15, -0.1) is 0 Å². The van der Waals surface area contributed by atoms with Crippen molar-refractivity contribution >= 4 is 5.96 Å². The Hall–Kier alpha value is -2.34. The molecule has 1 aliphatic carbocycles. The quantitative estimate of drug-likeness (QED) is 0.399. The van der Waals surface area contributed by atoms with Crippen molar-refractivity contribution in [3.63, 3.8) is 0 Å². The van der Waals surface area contributed by atoms with Gasteiger partial charge in [0.25, 0.3) is 0 Å². The average Bonchev–Trinajstić information content (AvgIpc) is 3.42. The van der Waals surface area contributed by atoms with Gasteiger partial charge in [0.1, 0.15) is 0 Å². The lowest BCUT2D eigenvalue weighted by Crippen LogP contribution is -2.40. The van der Waals surface area contributed by atoms with Gasteiger partial charge in [-0.2, -0.15) is 5.10 Å². The Labute approximate surface area is 186 Å². The zero-order valence-corrected chi connectivity index (χ0v) is 19.1. The number of guanidine groups is 1. The summed E-state index contributed by atoms with van der Waals surface area (Å²) < 4.78 is 8.14. The molecular weight excluding hydrogens is 386 g/mol. The Balaban J connectivity index is 1.23. The summed E-state index contributed by atoms with van der Waals surface area (Å²) >= 11 is 0. The van der Waals surface area contributed by atoms with Crippen LogP contribution in [0.25, 0.3) is 0 Å². The van der Waals surface area contributed by atoms with Crippen molar-refractivity contribution in [3.05, 3.63) is 53.3 Å². The van der Waals surface area contributed by atoms with Crippen LogP contribution in [-0.4, -0.2) is 53.4 Å². The van der Waals surface area contributed by atoms with E-state index < -0.39 is 0 Å². The number of rotatable bonds is 8. The highest BCUT2D eigenvalue weighted by molar-refractivity contribution is 5.80. The number of aliphatic imine (C=N–C) groups is 1. The summed E-state index contributed by atoms with van der Waals surface area (Å²) in [5.74, 6) is 1.72. The minimum Gasteiger partial charge on any atom is -0.373 e. The number of ether oxygens (including phenoxy) is 1. The molecule has 2 atom stereocenters. The maximum Gasteiger partial charge on any atom is 0.193 e. The van der Waals surface area contributed by atoms with Crippen molar-refractivity contribution in [2.24, 2.45) is 18.0 Å². The number of fused-ring (bicyclic) bond motifs is 1. The van der Waals surface area contributed by atoms with Gasteiger partial charge in [-0.25, -0.2) is 0 Å². The summed E-state index contributed by atoms with van der Waals surface area (Å²) in [5.41, 5.74) is 4.18. The monoisotopic (exact) mass is 423 g/mol. The molecule has 1 aromatic carbocycles. The van der Waals surface area contributed by atoms with Crippen molar-refractivity contribution in [2.75, 3.05) is 32.8 Å². The van der Waals surface area contributed by atoms with Crippen molar-refractivity contribution in [1.29, 1.82) is 0 Å². The maximum atomic E-state index is 6.25. The minimum atomic E-state index is 0.258. The van der Waals surface area contributed by atoms with E-state index in [4.69, 9.17) is 9.73 Å². The molecule has 2 heterocycles. The van der Waals surface area contributed by atoms with Gasteiger partial charge < -0.3 is 15.0 Å². The first-order chi connectivity index (χ1) is 15.2. The largest absolute Gasteiger partial charge is 0.373 e. The van der Waals surface area contributed by atoms with Crippen molar-refractivity contribution < 1.29 is 4.74 Å². The SMILES string of the molecule is CCNC(=NCCCOC1CCCc2ccccc21)N1CCC(Cc2cnn(C)c2)C1. The highest BCUT2D eigenvalue weighted by atomic mass is 16.5. The van der Waals surface area contributed by atoms with E-state index in [-0.39, 0.29) is 6.10 Å². The molecular formula is C25H37N5O. The topological polar surface area (TPSA) is 54.7 Å². The third-order valence-corrected chi connectivity index (χ3v) is 6.40.